The maximum absolute atomic E-state index is 4.90. The van der Waals surface area contributed by atoms with E-state index < -0.39 is 0 Å². The molecule has 0 saturated heterocycles. The summed E-state index contributed by atoms with van der Waals surface area (Å²) < 4.78 is 0. The molecule has 0 spiro atoms. The molecule has 9 nitrogen and oxygen atoms in total. The van der Waals surface area contributed by atoms with Gasteiger partial charge in [0.05, 0.1) is 0 Å². The van der Waals surface area contributed by atoms with Crippen molar-refractivity contribution in [1.29, 1.82) is 0 Å². The topological polar surface area (TPSA) is 240 Å². The standard InChI is InChI=1S/4C2H8N2.ClH.2Mo.H2O/c4*3-1-2-4;;;;/h4*1-4H2;1H;;;1H2/q;;;;;+1;+3;. The Morgan fingerprint density at radius 3 is 0.600 bits per heavy atom. The summed E-state index contributed by atoms with van der Waals surface area (Å²) >= 11 is 2.08. The summed E-state index contributed by atoms with van der Waals surface area (Å²) in [5.74, 6) is 0. The van der Waals surface area contributed by atoms with Crippen molar-refractivity contribution in [2.45, 2.75) is 0 Å². The quantitative estimate of drug-likeness (QED) is 0.178. The monoisotopic (exact) mass is 490 g/mol. The first-order chi connectivity index (χ1) is 9.07. The van der Waals surface area contributed by atoms with Crippen LogP contribution < -0.4 is 45.9 Å². The second-order valence-corrected chi connectivity index (χ2v) is 9.45. The summed E-state index contributed by atoms with van der Waals surface area (Å²) in [6.45, 7) is 4.78. The van der Waals surface area contributed by atoms with E-state index in [1.807, 2.05) is 15.9 Å². The Labute approximate surface area is 142 Å². The van der Waals surface area contributed by atoms with Gasteiger partial charge in [-0.15, -0.1) is 0 Å². The minimum absolute atomic E-state index is 0. The Kier molecular flexibility index (Phi) is 134. The molecule has 12 heteroatoms. The van der Waals surface area contributed by atoms with E-state index in [0.717, 1.165) is 0 Å². The molecule has 0 unspecified atom stereocenters. The Morgan fingerprint density at radius 2 is 0.600 bits per heavy atom. The van der Waals surface area contributed by atoms with E-state index >= 15 is 0 Å². The van der Waals surface area contributed by atoms with Gasteiger partial charge in [0.2, 0.25) is 0 Å². The molecule has 0 aliphatic heterocycles. The molecular weight excluding hydrogens is 451 g/mol. The van der Waals surface area contributed by atoms with Crippen LogP contribution in [0.1, 0.15) is 0 Å². The number of nitrogens with two attached hydrogens (primary N) is 8. The molecule has 0 aromatic heterocycles. The zero-order valence-electron chi connectivity index (χ0n) is 12.0. The predicted octanol–water partition coefficient (Wildman–Crippen LogP) is -5.48. The number of hydrogen-bond donors (Lipinski definition) is 8. The van der Waals surface area contributed by atoms with Gasteiger partial charge in [0.25, 0.3) is 0 Å². The van der Waals surface area contributed by atoms with Crippen LogP contribution in [0.2, 0.25) is 0 Å². The van der Waals surface area contributed by atoms with Crippen LogP contribution in [-0.4, -0.2) is 57.8 Å². The number of hydrogen-bond acceptors (Lipinski definition) is 8. The van der Waals surface area contributed by atoms with Gasteiger partial charge in [-0.05, 0) is 0 Å². The molecule has 128 valence electrons. The Hall–Kier alpha value is 1.31. The molecule has 20 heavy (non-hydrogen) atoms. The second kappa shape index (κ2) is 71.3. The van der Waals surface area contributed by atoms with Crippen molar-refractivity contribution in [3.8, 4) is 0 Å². The normalized spacial score (nSPS) is 6.40. The van der Waals surface area contributed by atoms with Gasteiger partial charge in [-0.2, -0.15) is 0 Å². The summed E-state index contributed by atoms with van der Waals surface area (Å²) in [6.07, 6.45) is 0. The molecular formula is C8H35ClMo2N8O+4. The molecule has 18 N–H and O–H groups in total. The van der Waals surface area contributed by atoms with Gasteiger partial charge >= 0.3 is 39.0 Å². The zero-order valence-corrected chi connectivity index (χ0v) is 16.8. The van der Waals surface area contributed by atoms with E-state index in [9.17, 15) is 0 Å². The molecule has 0 aliphatic carbocycles. The predicted molar refractivity (Wildman–Crippen MR) is 77.4 cm³/mol. The fourth-order valence-corrected chi connectivity index (χ4v) is 0. The van der Waals surface area contributed by atoms with E-state index in [0.29, 0.717) is 52.4 Å². The van der Waals surface area contributed by atoms with Crippen LogP contribution in [0.15, 0.2) is 0 Å². The van der Waals surface area contributed by atoms with Gasteiger partial charge in [0, 0.05) is 52.4 Å². The molecule has 0 aromatic rings. The zero-order chi connectivity index (χ0) is 16.4. The van der Waals surface area contributed by atoms with Crippen LogP contribution in [-0.2, 0) is 29.6 Å². The van der Waals surface area contributed by atoms with Crippen LogP contribution in [0.25, 0.3) is 0 Å². The van der Waals surface area contributed by atoms with Crippen LogP contribution >= 0.6 is 0 Å². The van der Waals surface area contributed by atoms with Crippen molar-refractivity contribution in [3.63, 3.8) is 0 Å². The van der Waals surface area contributed by atoms with E-state index in [-0.39, 0.29) is 19.1 Å². The Bertz CT molecular complexity index is 110. The molecule has 0 atom stereocenters. The average molecular weight is 487 g/mol. The average Bonchev–Trinajstić information content (AvgIpc) is 2.48. The number of halogens is 1. The summed E-state index contributed by atoms with van der Waals surface area (Å²) in [6, 6.07) is 0. The molecule has 0 heterocycles. The van der Waals surface area contributed by atoms with E-state index in [4.69, 9.17) is 45.9 Å². The third-order valence-electron chi connectivity index (χ3n) is 0.667. The SMILES string of the molecule is NCCN.NCCN.NCCN.NCCN.O.[ClH+][Mo+2]#[Mo+]. The molecule has 0 amide bonds. The third-order valence-corrected chi connectivity index (χ3v) is 0.667. The maximum atomic E-state index is 4.90. The van der Waals surface area contributed by atoms with Gasteiger partial charge in [-0.3, -0.25) is 0 Å². The van der Waals surface area contributed by atoms with Crippen LogP contribution in [0, 0.1) is 9.42 Å². The molecule has 0 radical (unpaired) electrons. The third kappa shape index (κ3) is 230. The molecule has 0 bridgehead atoms. The van der Waals surface area contributed by atoms with Crippen molar-refractivity contribution in [1.82, 2.24) is 0 Å². The van der Waals surface area contributed by atoms with E-state index in [1.165, 1.54) is 0 Å². The van der Waals surface area contributed by atoms with Crippen LogP contribution in [0.4, 0.5) is 0 Å². The first-order valence-corrected chi connectivity index (χ1v) is 14.1. The van der Waals surface area contributed by atoms with E-state index in [1.54, 1.807) is 0 Å². The summed E-state index contributed by atoms with van der Waals surface area (Å²) in [7, 11) is 4.53. The molecule has 0 rings (SSSR count). The van der Waals surface area contributed by atoms with Crippen molar-refractivity contribution in [2.24, 2.45) is 45.9 Å². The summed E-state index contributed by atoms with van der Waals surface area (Å²) in [5.41, 5.74) is 39.2. The fraction of sp³-hybridized carbons (Fsp3) is 1.00. The summed E-state index contributed by atoms with van der Waals surface area (Å²) in [5, 5.41) is 0. The second-order valence-electron chi connectivity index (χ2n) is 2.38. The van der Waals surface area contributed by atoms with Gasteiger partial charge < -0.3 is 51.3 Å². The molecule has 0 aliphatic rings. The molecule has 0 saturated carbocycles. The van der Waals surface area contributed by atoms with Crippen molar-refractivity contribution in [3.05, 3.63) is 0 Å². The summed E-state index contributed by atoms with van der Waals surface area (Å²) in [4.78, 5) is 0. The number of rotatable bonds is 4. The van der Waals surface area contributed by atoms with E-state index in [2.05, 4.69) is 9.42 Å². The van der Waals surface area contributed by atoms with Crippen molar-refractivity contribution in [2.75, 3.05) is 52.4 Å². The first-order valence-electron chi connectivity index (χ1n) is 5.60. The Balaban J connectivity index is -0.0000000304. The van der Waals surface area contributed by atoms with Crippen LogP contribution in [0.5, 0.6) is 0 Å². The fourth-order valence-electron chi connectivity index (χ4n) is 0. The molecule has 0 fully saturated rings. The molecule has 0 aromatic carbocycles. The van der Waals surface area contributed by atoms with Crippen molar-refractivity contribution < 1.29 is 44.5 Å². The Morgan fingerprint density at radius 1 is 0.550 bits per heavy atom. The van der Waals surface area contributed by atoms with Gasteiger partial charge in [0.15, 0.2) is 0 Å². The first kappa shape index (κ1) is 37.5. The van der Waals surface area contributed by atoms with Gasteiger partial charge in [-0.1, -0.05) is 0 Å². The van der Waals surface area contributed by atoms with Gasteiger partial charge in [0.1, 0.15) is 0 Å². The van der Waals surface area contributed by atoms with Gasteiger partial charge in [-0.25, -0.2) is 0 Å². The van der Waals surface area contributed by atoms with Crippen LogP contribution in [0.3, 0.4) is 0 Å². The van der Waals surface area contributed by atoms with Crippen molar-refractivity contribution >= 4 is 0 Å². The minimum atomic E-state index is 0.